The Morgan fingerprint density at radius 2 is 1.96 bits per heavy atom. The van der Waals surface area contributed by atoms with Gasteiger partial charge in [-0.25, -0.2) is 0 Å². The van der Waals surface area contributed by atoms with Crippen LogP contribution in [0.4, 0.5) is 5.69 Å². The average Bonchev–Trinajstić information content (AvgIpc) is 2.67. The van der Waals surface area contributed by atoms with E-state index in [2.05, 4.69) is 34.4 Å². The second-order valence-corrected chi connectivity index (χ2v) is 6.78. The van der Waals surface area contributed by atoms with Crippen LogP contribution in [0.15, 0.2) is 59.4 Å². The van der Waals surface area contributed by atoms with E-state index in [1.807, 2.05) is 30.3 Å². The molecule has 1 aliphatic rings. The van der Waals surface area contributed by atoms with Crippen molar-refractivity contribution in [3.8, 4) is 0 Å². The average molecular weight is 347 g/mol. The third kappa shape index (κ3) is 2.96. The first-order chi connectivity index (χ1) is 12.6. The monoisotopic (exact) mass is 347 g/mol. The van der Waals surface area contributed by atoms with Crippen molar-refractivity contribution in [2.45, 2.75) is 12.3 Å². The first-order valence-electron chi connectivity index (χ1n) is 8.84. The lowest BCUT2D eigenvalue weighted by molar-refractivity contribution is 0.0945. The number of benzene rings is 2. The van der Waals surface area contributed by atoms with Gasteiger partial charge in [-0.1, -0.05) is 36.4 Å². The quantitative estimate of drug-likeness (QED) is 0.766. The van der Waals surface area contributed by atoms with Gasteiger partial charge in [0, 0.05) is 37.1 Å². The fourth-order valence-electron chi connectivity index (χ4n) is 3.66. The zero-order chi connectivity index (χ0) is 18.1. The minimum absolute atomic E-state index is 0.238. The summed E-state index contributed by atoms with van der Waals surface area (Å²) in [6.07, 6.45) is 0.988. The maximum Gasteiger partial charge on any atom is 0.267 e. The number of nitrogens with zero attached hydrogens (tertiary/aromatic N) is 1. The van der Waals surface area contributed by atoms with Gasteiger partial charge in [-0.15, -0.1) is 0 Å². The predicted molar refractivity (Wildman–Crippen MR) is 104 cm³/mol. The molecule has 0 bridgehead atoms. The summed E-state index contributed by atoms with van der Waals surface area (Å²) in [6, 6.07) is 17.3. The number of H-pyrrole nitrogens is 1. The number of rotatable bonds is 3. The van der Waals surface area contributed by atoms with Gasteiger partial charge in [-0.2, -0.15) is 0 Å². The number of pyridine rings is 1. The Labute approximate surface area is 151 Å². The maximum absolute atomic E-state index is 12.6. The van der Waals surface area contributed by atoms with Crippen molar-refractivity contribution < 1.29 is 4.79 Å². The third-order valence-corrected chi connectivity index (χ3v) is 5.11. The van der Waals surface area contributed by atoms with E-state index in [9.17, 15) is 9.59 Å². The summed E-state index contributed by atoms with van der Waals surface area (Å²) in [4.78, 5) is 29.7. The molecular weight excluding hydrogens is 326 g/mol. The highest BCUT2D eigenvalue weighted by atomic mass is 16.2. The van der Waals surface area contributed by atoms with Gasteiger partial charge in [0.05, 0.1) is 0 Å². The van der Waals surface area contributed by atoms with Crippen LogP contribution in [0.25, 0.3) is 10.8 Å². The topological polar surface area (TPSA) is 65.2 Å². The molecule has 0 radical (unpaired) electrons. The van der Waals surface area contributed by atoms with Gasteiger partial charge in [-0.05, 0) is 35.6 Å². The number of aromatic amines is 1. The lowest BCUT2D eigenvalue weighted by Crippen LogP contribution is -2.35. The molecule has 5 nitrogen and oxygen atoms in total. The molecule has 2 N–H and O–H groups in total. The number of carbonyl (C=O) groups excluding carboxylic acids is 1. The molecule has 0 aliphatic carbocycles. The Morgan fingerprint density at radius 1 is 1.19 bits per heavy atom. The highest BCUT2D eigenvalue weighted by Crippen LogP contribution is 2.33. The number of para-hydroxylation sites is 1. The molecule has 0 saturated carbocycles. The third-order valence-electron chi connectivity index (χ3n) is 5.11. The van der Waals surface area contributed by atoms with Crippen LogP contribution < -0.4 is 15.8 Å². The van der Waals surface area contributed by atoms with Gasteiger partial charge < -0.3 is 15.2 Å². The molecule has 0 unspecified atom stereocenters. The number of anilines is 1. The van der Waals surface area contributed by atoms with Gasteiger partial charge in [0.1, 0.15) is 5.69 Å². The Morgan fingerprint density at radius 3 is 2.85 bits per heavy atom. The highest BCUT2D eigenvalue weighted by Gasteiger charge is 2.23. The lowest BCUT2D eigenvalue weighted by atomic mass is 9.90. The van der Waals surface area contributed by atoms with Crippen molar-refractivity contribution in [2.75, 3.05) is 25.0 Å². The van der Waals surface area contributed by atoms with Gasteiger partial charge in [0.2, 0.25) is 0 Å². The van der Waals surface area contributed by atoms with Crippen LogP contribution in [0.1, 0.15) is 28.4 Å². The van der Waals surface area contributed by atoms with Crippen LogP contribution >= 0.6 is 0 Å². The number of hydrogen-bond donors (Lipinski definition) is 2. The Hall–Kier alpha value is -3.08. The van der Waals surface area contributed by atoms with Gasteiger partial charge >= 0.3 is 0 Å². The molecule has 0 saturated heterocycles. The van der Waals surface area contributed by atoms with Crippen molar-refractivity contribution in [3.05, 3.63) is 76.2 Å². The molecule has 4 rings (SSSR count). The van der Waals surface area contributed by atoms with E-state index >= 15 is 0 Å². The zero-order valence-corrected chi connectivity index (χ0v) is 14.7. The van der Waals surface area contributed by atoms with E-state index in [-0.39, 0.29) is 17.4 Å². The fraction of sp³-hybridized carbons (Fsp3) is 0.238. The molecule has 2 heterocycles. The van der Waals surface area contributed by atoms with Crippen molar-refractivity contribution in [2.24, 2.45) is 0 Å². The summed E-state index contributed by atoms with van der Waals surface area (Å²) < 4.78 is 0. The maximum atomic E-state index is 12.6. The summed E-state index contributed by atoms with van der Waals surface area (Å²) in [5.74, 6) is 0.0304. The number of aromatic nitrogens is 1. The van der Waals surface area contributed by atoms with Crippen LogP contribution in [0, 0.1) is 0 Å². The summed E-state index contributed by atoms with van der Waals surface area (Å²) in [6.45, 7) is 1.52. The summed E-state index contributed by atoms with van der Waals surface area (Å²) in [5.41, 5.74) is 2.54. The minimum Gasteiger partial charge on any atom is -0.374 e. The molecule has 1 atom stereocenters. The Kier molecular flexibility index (Phi) is 4.21. The van der Waals surface area contributed by atoms with Crippen LogP contribution in [-0.4, -0.2) is 31.0 Å². The molecule has 5 heteroatoms. The number of hydrogen-bond acceptors (Lipinski definition) is 3. The molecule has 1 aliphatic heterocycles. The first-order valence-corrected chi connectivity index (χ1v) is 8.84. The van der Waals surface area contributed by atoms with Crippen LogP contribution in [0.3, 0.4) is 0 Å². The van der Waals surface area contributed by atoms with Crippen LogP contribution in [0.2, 0.25) is 0 Å². The van der Waals surface area contributed by atoms with E-state index in [1.165, 1.54) is 11.3 Å². The lowest BCUT2D eigenvalue weighted by Gasteiger charge is -2.33. The fourth-order valence-corrected chi connectivity index (χ4v) is 3.66. The molecule has 26 heavy (non-hydrogen) atoms. The number of fused-ring (bicyclic) bond motifs is 2. The minimum atomic E-state index is -0.246. The predicted octanol–water partition coefficient (Wildman–Crippen LogP) is 2.88. The van der Waals surface area contributed by atoms with Crippen molar-refractivity contribution in [1.82, 2.24) is 10.3 Å². The number of carbonyl (C=O) groups is 1. The SMILES string of the molecule is CN1CC[C@H](CNC(=O)c2cc3ccccc3c(=O)[nH]2)c2ccccc21. The van der Waals surface area contributed by atoms with Gasteiger partial charge in [-0.3, -0.25) is 9.59 Å². The molecule has 1 aromatic heterocycles. The molecule has 0 spiro atoms. The van der Waals surface area contributed by atoms with Crippen molar-refractivity contribution >= 4 is 22.4 Å². The van der Waals surface area contributed by atoms with Crippen molar-refractivity contribution in [3.63, 3.8) is 0 Å². The molecular formula is C21H21N3O2. The number of amides is 1. The second kappa shape index (κ2) is 6.67. The highest BCUT2D eigenvalue weighted by molar-refractivity contribution is 5.96. The Bertz CT molecular complexity index is 1020. The van der Waals surface area contributed by atoms with E-state index in [0.29, 0.717) is 17.6 Å². The van der Waals surface area contributed by atoms with E-state index in [0.717, 1.165) is 18.4 Å². The first kappa shape index (κ1) is 16.4. The zero-order valence-electron chi connectivity index (χ0n) is 14.7. The number of nitrogens with one attached hydrogen (secondary N) is 2. The largest absolute Gasteiger partial charge is 0.374 e. The van der Waals surface area contributed by atoms with Crippen LogP contribution in [-0.2, 0) is 0 Å². The van der Waals surface area contributed by atoms with E-state index in [4.69, 9.17) is 0 Å². The normalized spacial score (nSPS) is 16.3. The molecule has 2 aromatic carbocycles. The van der Waals surface area contributed by atoms with E-state index in [1.54, 1.807) is 12.1 Å². The van der Waals surface area contributed by atoms with Crippen LogP contribution in [0.5, 0.6) is 0 Å². The molecule has 132 valence electrons. The molecule has 0 fully saturated rings. The Balaban J connectivity index is 1.53. The standard InChI is InChI=1S/C21H21N3O2/c1-24-11-10-15(16-7-4-5-9-19(16)24)13-22-21(26)18-12-14-6-2-3-8-17(14)20(25)23-18/h2-9,12,15H,10-11,13H2,1H3,(H,22,26)(H,23,25)/t15-/m1/s1. The molecule has 3 aromatic rings. The van der Waals surface area contributed by atoms with Crippen molar-refractivity contribution in [1.29, 1.82) is 0 Å². The summed E-state index contributed by atoms with van der Waals surface area (Å²) >= 11 is 0. The second-order valence-electron chi connectivity index (χ2n) is 6.78. The van der Waals surface area contributed by atoms with Gasteiger partial charge in [0.15, 0.2) is 0 Å². The smallest absolute Gasteiger partial charge is 0.267 e. The summed E-state index contributed by atoms with van der Waals surface area (Å²) in [5, 5.41) is 4.35. The van der Waals surface area contributed by atoms with E-state index < -0.39 is 0 Å². The van der Waals surface area contributed by atoms with Gasteiger partial charge in [0.25, 0.3) is 11.5 Å². The molecule has 1 amide bonds. The summed E-state index contributed by atoms with van der Waals surface area (Å²) in [7, 11) is 2.09.